The summed E-state index contributed by atoms with van der Waals surface area (Å²) in [5.74, 6) is -0.312. The normalized spacial score (nSPS) is 8.36. The fourth-order valence-electron chi connectivity index (χ4n) is 0.246. The summed E-state index contributed by atoms with van der Waals surface area (Å²) < 4.78 is 4.47. The van der Waals surface area contributed by atoms with E-state index >= 15 is 0 Å². The van der Waals surface area contributed by atoms with E-state index in [0.29, 0.717) is 0 Å². The maximum atomic E-state index is 10.1. The van der Waals surface area contributed by atoms with Gasteiger partial charge in [-0.15, -0.1) is 0 Å². The second-order valence-corrected chi connectivity index (χ2v) is 1.76. The number of rotatable bonds is 2. The molecule has 0 aliphatic heterocycles. The van der Waals surface area contributed by atoms with Gasteiger partial charge in [0.15, 0.2) is 0 Å². The first-order chi connectivity index (χ1) is 5.13. The lowest BCUT2D eigenvalue weighted by atomic mass is 10.3. The van der Waals surface area contributed by atoms with Crippen molar-refractivity contribution in [1.29, 1.82) is 0 Å². The van der Waals surface area contributed by atoms with Crippen LogP contribution in [0.3, 0.4) is 0 Å². The van der Waals surface area contributed by atoms with Gasteiger partial charge in [-0.2, -0.15) is 0 Å². The summed E-state index contributed by atoms with van der Waals surface area (Å²) in [5, 5.41) is 12.0. The first kappa shape index (κ1) is 12.5. The highest BCUT2D eigenvalue weighted by atomic mass is 17.0. The highest BCUT2D eigenvalue weighted by Crippen LogP contribution is 1.88. The van der Waals surface area contributed by atoms with Crippen LogP contribution in [0.1, 0.15) is 13.8 Å². The molecule has 0 aromatic carbocycles. The van der Waals surface area contributed by atoms with Gasteiger partial charge in [-0.1, -0.05) is 12.2 Å². The smallest absolute Gasteiger partial charge is 0.307 e. The van der Waals surface area contributed by atoms with Gasteiger partial charge in [0.05, 0.1) is 6.26 Å². The minimum absolute atomic E-state index is 0.312. The van der Waals surface area contributed by atoms with Crippen LogP contribution in [0.25, 0.3) is 0 Å². The fraction of sp³-hybridized carbons (Fsp3) is 0.286. The van der Waals surface area contributed by atoms with Crippen LogP contribution in [0, 0.1) is 0 Å². The van der Waals surface area contributed by atoms with E-state index in [-0.39, 0.29) is 5.97 Å². The van der Waals surface area contributed by atoms with E-state index in [1.54, 1.807) is 6.08 Å². The maximum absolute atomic E-state index is 10.1. The van der Waals surface area contributed by atoms with Crippen molar-refractivity contribution in [2.75, 3.05) is 0 Å². The Bertz CT molecular complexity index is 149. The van der Waals surface area contributed by atoms with Gasteiger partial charge in [-0.25, -0.2) is 0 Å². The molecule has 0 bridgehead atoms. The zero-order valence-electron chi connectivity index (χ0n) is 6.57. The predicted molar refractivity (Wildman–Crippen MR) is 41.0 cm³/mol. The first-order valence-corrected chi connectivity index (χ1v) is 2.82. The van der Waals surface area contributed by atoms with Crippen LogP contribution in [-0.2, 0) is 9.53 Å². The van der Waals surface area contributed by atoms with Gasteiger partial charge in [-0.3, -0.25) is 15.3 Å². The molecule has 0 aliphatic carbocycles. The Morgan fingerprint density at radius 2 is 1.91 bits per heavy atom. The third kappa shape index (κ3) is 17.7. The van der Waals surface area contributed by atoms with Gasteiger partial charge in [0.1, 0.15) is 0 Å². The SMILES string of the molecule is C=C(C)C=COC(C)=O.OO. The number of hydrogen-bond acceptors (Lipinski definition) is 4. The molecule has 0 fully saturated rings. The zero-order valence-corrected chi connectivity index (χ0v) is 6.57. The Morgan fingerprint density at radius 1 is 1.45 bits per heavy atom. The summed E-state index contributed by atoms with van der Waals surface area (Å²) in [6.45, 7) is 6.74. The van der Waals surface area contributed by atoms with Gasteiger partial charge < -0.3 is 4.74 Å². The molecule has 0 rings (SSSR count). The lowest BCUT2D eigenvalue weighted by molar-refractivity contribution is -0.176. The zero-order chi connectivity index (χ0) is 9.28. The van der Waals surface area contributed by atoms with E-state index in [0.717, 1.165) is 5.57 Å². The van der Waals surface area contributed by atoms with Gasteiger partial charge in [0.2, 0.25) is 0 Å². The molecule has 0 amide bonds. The molecular formula is C7H12O4. The monoisotopic (exact) mass is 160 g/mol. The summed E-state index contributed by atoms with van der Waals surface area (Å²) in [7, 11) is 0. The lowest BCUT2D eigenvalue weighted by Gasteiger charge is -1.88. The van der Waals surface area contributed by atoms with E-state index in [4.69, 9.17) is 10.5 Å². The van der Waals surface area contributed by atoms with Crippen molar-refractivity contribution in [2.45, 2.75) is 13.8 Å². The summed E-state index contributed by atoms with van der Waals surface area (Å²) in [6.07, 6.45) is 2.95. The number of esters is 1. The summed E-state index contributed by atoms with van der Waals surface area (Å²) in [4.78, 5) is 10.1. The van der Waals surface area contributed by atoms with Crippen molar-refractivity contribution < 1.29 is 20.0 Å². The number of ether oxygens (including phenoxy) is 1. The second-order valence-electron chi connectivity index (χ2n) is 1.76. The molecule has 0 spiro atoms. The molecule has 0 heterocycles. The summed E-state index contributed by atoms with van der Waals surface area (Å²) in [5.41, 5.74) is 0.858. The number of carbonyl (C=O) groups is 1. The minimum Gasteiger partial charge on any atom is -0.435 e. The maximum Gasteiger partial charge on any atom is 0.307 e. The lowest BCUT2D eigenvalue weighted by Crippen LogP contribution is -1.88. The quantitative estimate of drug-likeness (QED) is 0.212. The van der Waals surface area contributed by atoms with Crippen molar-refractivity contribution in [1.82, 2.24) is 0 Å². The molecule has 0 saturated heterocycles. The van der Waals surface area contributed by atoms with Crippen molar-refractivity contribution in [3.63, 3.8) is 0 Å². The molecule has 0 aliphatic rings. The molecule has 2 N–H and O–H groups in total. The minimum atomic E-state index is -0.312. The van der Waals surface area contributed by atoms with E-state index in [1.807, 2.05) is 6.92 Å². The second kappa shape index (κ2) is 8.87. The van der Waals surface area contributed by atoms with Crippen LogP contribution in [0.15, 0.2) is 24.5 Å². The van der Waals surface area contributed by atoms with E-state index < -0.39 is 0 Å². The molecule has 0 radical (unpaired) electrons. The molecule has 0 aromatic rings. The van der Waals surface area contributed by atoms with Gasteiger partial charge in [0, 0.05) is 6.92 Å². The number of hydrogen-bond donors (Lipinski definition) is 2. The standard InChI is InChI=1S/C7H10O2.H2O2/c1-6(2)4-5-9-7(3)8;1-2/h4-5H,1H2,2-3H3;1-2H. The first-order valence-electron chi connectivity index (χ1n) is 2.82. The van der Waals surface area contributed by atoms with Gasteiger partial charge in [0.25, 0.3) is 0 Å². The number of carbonyl (C=O) groups excluding carboxylic acids is 1. The van der Waals surface area contributed by atoms with Crippen LogP contribution in [-0.4, -0.2) is 16.5 Å². The summed E-state index contributed by atoms with van der Waals surface area (Å²) in [6, 6.07) is 0. The van der Waals surface area contributed by atoms with Crippen LogP contribution >= 0.6 is 0 Å². The van der Waals surface area contributed by atoms with Gasteiger partial charge >= 0.3 is 5.97 Å². The van der Waals surface area contributed by atoms with Crippen LogP contribution in [0.4, 0.5) is 0 Å². The van der Waals surface area contributed by atoms with Crippen LogP contribution < -0.4 is 0 Å². The molecule has 64 valence electrons. The largest absolute Gasteiger partial charge is 0.435 e. The molecule has 4 heteroatoms. The third-order valence-corrected chi connectivity index (χ3v) is 0.587. The highest BCUT2D eigenvalue weighted by Gasteiger charge is 1.82. The van der Waals surface area contributed by atoms with Crippen LogP contribution in [0.5, 0.6) is 0 Å². The molecule has 0 aromatic heterocycles. The molecule has 0 atom stereocenters. The average molecular weight is 160 g/mol. The molecular weight excluding hydrogens is 148 g/mol. The molecule has 0 unspecified atom stereocenters. The third-order valence-electron chi connectivity index (χ3n) is 0.587. The topological polar surface area (TPSA) is 66.8 Å². The van der Waals surface area contributed by atoms with E-state index in [1.165, 1.54) is 13.2 Å². The van der Waals surface area contributed by atoms with Crippen molar-refractivity contribution in [3.8, 4) is 0 Å². The predicted octanol–water partition coefficient (Wildman–Crippen LogP) is 1.66. The summed E-state index contributed by atoms with van der Waals surface area (Å²) >= 11 is 0. The van der Waals surface area contributed by atoms with Crippen molar-refractivity contribution in [3.05, 3.63) is 24.5 Å². The van der Waals surface area contributed by atoms with Crippen LogP contribution in [0.2, 0.25) is 0 Å². The Kier molecular flexibility index (Phi) is 10.1. The fourth-order valence-corrected chi connectivity index (χ4v) is 0.246. The molecule has 0 saturated carbocycles. The number of allylic oxidation sites excluding steroid dienone is 2. The Hall–Kier alpha value is -1.13. The molecule has 4 nitrogen and oxygen atoms in total. The Morgan fingerprint density at radius 3 is 2.18 bits per heavy atom. The van der Waals surface area contributed by atoms with E-state index in [2.05, 4.69) is 11.3 Å². The Labute approximate surface area is 65.3 Å². The average Bonchev–Trinajstić information content (AvgIpc) is 1.90. The van der Waals surface area contributed by atoms with E-state index in [9.17, 15) is 4.79 Å². The van der Waals surface area contributed by atoms with Crippen molar-refractivity contribution >= 4 is 5.97 Å². The highest BCUT2D eigenvalue weighted by molar-refractivity contribution is 5.66. The molecule has 11 heavy (non-hydrogen) atoms. The van der Waals surface area contributed by atoms with Gasteiger partial charge in [-0.05, 0) is 13.0 Å². The van der Waals surface area contributed by atoms with Crippen molar-refractivity contribution in [2.24, 2.45) is 0 Å². The Balaban J connectivity index is 0.